The largest absolute Gasteiger partial charge is 0.301 e. The van der Waals surface area contributed by atoms with E-state index in [2.05, 4.69) is 25.7 Å². The molecule has 1 amide bonds. The minimum absolute atomic E-state index is 0.142. The number of unbranched alkanes of at least 4 members (excludes halogenated alkanes) is 1. The van der Waals surface area contributed by atoms with Crippen molar-refractivity contribution in [2.45, 2.75) is 45.4 Å². The van der Waals surface area contributed by atoms with Gasteiger partial charge in [0.25, 0.3) is 0 Å². The van der Waals surface area contributed by atoms with Gasteiger partial charge in [0.05, 0.1) is 6.42 Å². The van der Waals surface area contributed by atoms with Crippen molar-refractivity contribution in [2.75, 3.05) is 5.32 Å². The second-order valence-electron chi connectivity index (χ2n) is 6.36. The lowest BCUT2D eigenvalue weighted by molar-refractivity contribution is -0.118. The standard InChI is InChI=1S/C19H21N5O2S2/c1-13(25)20-19-24-22-17(28-19)10-6-5-9-16-21-23-18(27-16)12-15(26)11-14-7-3-2-4-8-14/h2-4,7-8H,5-6,9-12H2,1H3,(H,20,24,25). The number of hydrogen-bond donors (Lipinski definition) is 1. The van der Waals surface area contributed by atoms with Gasteiger partial charge in [0, 0.05) is 26.2 Å². The highest BCUT2D eigenvalue weighted by atomic mass is 32.1. The number of anilines is 1. The van der Waals surface area contributed by atoms with Gasteiger partial charge in [0.1, 0.15) is 20.8 Å². The molecule has 3 aromatic rings. The fourth-order valence-corrected chi connectivity index (χ4v) is 4.37. The predicted molar refractivity (Wildman–Crippen MR) is 110 cm³/mol. The minimum Gasteiger partial charge on any atom is -0.301 e. The van der Waals surface area contributed by atoms with Crippen LogP contribution in [0, 0.1) is 0 Å². The molecule has 0 atom stereocenters. The number of aryl methyl sites for hydroxylation is 2. The van der Waals surface area contributed by atoms with Crippen molar-refractivity contribution < 1.29 is 9.59 Å². The Kier molecular flexibility index (Phi) is 7.32. The zero-order valence-electron chi connectivity index (χ0n) is 15.6. The summed E-state index contributed by atoms with van der Waals surface area (Å²) in [4.78, 5) is 23.2. The summed E-state index contributed by atoms with van der Waals surface area (Å²) in [7, 11) is 0. The monoisotopic (exact) mass is 415 g/mol. The first kappa shape index (κ1) is 20.2. The normalized spacial score (nSPS) is 10.8. The molecule has 1 N–H and O–H groups in total. The van der Waals surface area contributed by atoms with E-state index in [-0.39, 0.29) is 11.7 Å². The van der Waals surface area contributed by atoms with Crippen LogP contribution in [0.4, 0.5) is 5.13 Å². The van der Waals surface area contributed by atoms with E-state index in [1.54, 1.807) is 0 Å². The van der Waals surface area contributed by atoms with Crippen molar-refractivity contribution >= 4 is 39.5 Å². The summed E-state index contributed by atoms with van der Waals surface area (Å²) in [5, 5.41) is 22.2. The van der Waals surface area contributed by atoms with Crippen LogP contribution in [-0.2, 0) is 35.3 Å². The number of rotatable bonds is 10. The van der Waals surface area contributed by atoms with Crippen molar-refractivity contribution in [3.63, 3.8) is 0 Å². The lowest BCUT2D eigenvalue weighted by Gasteiger charge is -1.98. The zero-order valence-corrected chi connectivity index (χ0v) is 17.2. The van der Waals surface area contributed by atoms with Crippen LogP contribution in [0.25, 0.3) is 0 Å². The second kappa shape index (κ2) is 10.1. The van der Waals surface area contributed by atoms with Crippen LogP contribution in [-0.4, -0.2) is 32.1 Å². The SMILES string of the molecule is CC(=O)Nc1nnc(CCCCc2nnc(CC(=O)Cc3ccccc3)s2)s1. The van der Waals surface area contributed by atoms with E-state index < -0.39 is 0 Å². The average Bonchev–Trinajstić information content (AvgIpc) is 3.28. The maximum Gasteiger partial charge on any atom is 0.223 e. The Morgan fingerprint density at radius 1 is 0.857 bits per heavy atom. The lowest BCUT2D eigenvalue weighted by Crippen LogP contribution is -2.06. The molecule has 0 radical (unpaired) electrons. The molecule has 0 spiro atoms. The molecule has 0 saturated carbocycles. The molecule has 1 aromatic carbocycles. The number of carbonyl (C=O) groups is 2. The number of Topliss-reactive ketones (excluding diaryl/α,β-unsaturated/α-hetero) is 1. The van der Waals surface area contributed by atoms with E-state index >= 15 is 0 Å². The Bertz CT molecular complexity index is 923. The Morgan fingerprint density at radius 2 is 1.50 bits per heavy atom. The van der Waals surface area contributed by atoms with E-state index in [9.17, 15) is 9.59 Å². The van der Waals surface area contributed by atoms with Crippen LogP contribution in [0.2, 0.25) is 0 Å². The quantitative estimate of drug-likeness (QED) is 0.510. The summed E-state index contributed by atoms with van der Waals surface area (Å²) >= 11 is 2.92. The molecule has 2 heterocycles. The Balaban J connectivity index is 1.38. The van der Waals surface area contributed by atoms with Crippen molar-refractivity contribution in [2.24, 2.45) is 0 Å². The Hall–Kier alpha value is -2.52. The van der Waals surface area contributed by atoms with Crippen LogP contribution in [0.5, 0.6) is 0 Å². The molecule has 0 unspecified atom stereocenters. The molecule has 0 aliphatic carbocycles. The summed E-state index contributed by atoms with van der Waals surface area (Å²) in [5.74, 6) is 0.0113. The first-order valence-corrected chi connectivity index (χ1v) is 10.7. The number of hydrogen-bond acceptors (Lipinski definition) is 8. The molecule has 9 heteroatoms. The molecule has 0 aliphatic rings. The second-order valence-corrected chi connectivity index (χ2v) is 8.57. The number of amides is 1. The highest BCUT2D eigenvalue weighted by Crippen LogP contribution is 2.19. The molecule has 146 valence electrons. The van der Waals surface area contributed by atoms with Crippen LogP contribution in [0.3, 0.4) is 0 Å². The molecule has 28 heavy (non-hydrogen) atoms. The molecular weight excluding hydrogens is 394 g/mol. The molecular formula is C19H21N5O2S2. The molecule has 3 rings (SSSR count). The van der Waals surface area contributed by atoms with Gasteiger partial charge in [-0.2, -0.15) is 0 Å². The Morgan fingerprint density at radius 3 is 2.21 bits per heavy atom. The maximum atomic E-state index is 12.2. The number of carbonyl (C=O) groups excluding carboxylic acids is 2. The first-order chi connectivity index (χ1) is 13.6. The van der Waals surface area contributed by atoms with Gasteiger partial charge in [0.2, 0.25) is 11.0 Å². The smallest absolute Gasteiger partial charge is 0.223 e. The van der Waals surface area contributed by atoms with E-state index in [0.717, 1.165) is 46.3 Å². The fraction of sp³-hybridized carbons (Fsp3) is 0.368. The average molecular weight is 416 g/mol. The van der Waals surface area contributed by atoms with Crippen LogP contribution in [0.1, 0.15) is 40.4 Å². The molecule has 7 nitrogen and oxygen atoms in total. The van der Waals surface area contributed by atoms with E-state index in [1.807, 2.05) is 30.3 Å². The Labute approximate surface area is 171 Å². The summed E-state index contributed by atoms with van der Waals surface area (Å²) in [6.45, 7) is 1.45. The van der Waals surface area contributed by atoms with E-state index in [4.69, 9.17) is 0 Å². The van der Waals surface area contributed by atoms with Crippen molar-refractivity contribution in [3.8, 4) is 0 Å². The predicted octanol–water partition coefficient (Wildman–Crippen LogP) is 3.27. The van der Waals surface area contributed by atoms with E-state index in [1.165, 1.54) is 29.6 Å². The highest BCUT2D eigenvalue weighted by Gasteiger charge is 2.11. The third kappa shape index (κ3) is 6.58. The van der Waals surface area contributed by atoms with Gasteiger partial charge in [-0.3, -0.25) is 9.59 Å². The van der Waals surface area contributed by atoms with Gasteiger partial charge < -0.3 is 5.32 Å². The van der Waals surface area contributed by atoms with E-state index in [0.29, 0.717) is 18.0 Å². The summed E-state index contributed by atoms with van der Waals surface area (Å²) in [6, 6.07) is 9.74. The topological polar surface area (TPSA) is 97.7 Å². The van der Waals surface area contributed by atoms with Crippen molar-refractivity contribution in [3.05, 3.63) is 50.9 Å². The van der Waals surface area contributed by atoms with Gasteiger partial charge in [-0.05, 0) is 18.4 Å². The van der Waals surface area contributed by atoms with Crippen LogP contribution < -0.4 is 5.32 Å². The molecule has 2 aromatic heterocycles. The van der Waals surface area contributed by atoms with Crippen LogP contribution in [0.15, 0.2) is 30.3 Å². The van der Waals surface area contributed by atoms with Gasteiger partial charge in [-0.25, -0.2) is 0 Å². The third-order valence-corrected chi connectivity index (χ3v) is 5.76. The molecule has 0 bridgehead atoms. The molecule has 0 saturated heterocycles. The van der Waals surface area contributed by atoms with Gasteiger partial charge in [0.15, 0.2) is 0 Å². The van der Waals surface area contributed by atoms with Gasteiger partial charge >= 0.3 is 0 Å². The molecule has 0 aliphatic heterocycles. The van der Waals surface area contributed by atoms with Crippen molar-refractivity contribution in [1.82, 2.24) is 20.4 Å². The fourth-order valence-electron chi connectivity index (χ4n) is 2.62. The number of benzene rings is 1. The summed E-state index contributed by atoms with van der Waals surface area (Å²) in [5.41, 5.74) is 1.02. The minimum atomic E-state index is -0.142. The van der Waals surface area contributed by atoms with Crippen molar-refractivity contribution in [1.29, 1.82) is 0 Å². The summed E-state index contributed by atoms with van der Waals surface area (Å²) < 4.78 is 0. The lowest BCUT2D eigenvalue weighted by atomic mass is 10.1. The first-order valence-electron chi connectivity index (χ1n) is 9.05. The third-order valence-electron chi connectivity index (χ3n) is 3.88. The number of ketones is 1. The number of nitrogens with zero attached hydrogens (tertiary/aromatic N) is 4. The highest BCUT2D eigenvalue weighted by molar-refractivity contribution is 7.15. The maximum absolute atomic E-state index is 12.2. The molecule has 0 fully saturated rings. The number of nitrogens with one attached hydrogen (secondary N) is 1. The number of aromatic nitrogens is 4. The zero-order chi connectivity index (χ0) is 19.8. The van der Waals surface area contributed by atoms with Gasteiger partial charge in [-0.1, -0.05) is 41.7 Å². The summed E-state index contributed by atoms with van der Waals surface area (Å²) in [6.07, 6.45) is 4.33. The van der Waals surface area contributed by atoms with Crippen LogP contribution >= 0.6 is 22.7 Å². The van der Waals surface area contributed by atoms with Gasteiger partial charge in [-0.15, -0.1) is 31.7 Å².